The van der Waals surface area contributed by atoms with Gasteiger partial charge in [-0.15, -0.1) is 0 Å². The lowest BCUT2D eigenvalue weighted by molar-refractivity contribution is 0.0977. The van der Waals surface area contributed by atoms with E-state index in [0.29, 0.717) is 29.9 Å². The fraction of sp³-hybridized carbons (Fsp3) is 0.259. The Labute approximate surface area is 197 Å². The predicted molar refractivity (Wildman–Crippen MR) is 129 cm³/mol. The molecule has 0 bridgehead atoms. The van der Waals surface area contributed by atoms with Crippen LogP contribution in [-0.4, -0.2) is 49.9 Å². The molecule has 0 atom stereocenters. The third-order valence-electron chi connectivity index (χ3n) is 6.38. The SMILES string of the molecule is CN1CCN(c2cccc(C(=O)NC3=NCc4ccc(Cc5cc(F)cc(F)c5)cc43)c2)CC1. The number of hydrogen-bond donors (Lipinski definition) is 1. The Morgan fingerprint density at radius 2 is 1.71 bits per heavy atom. The van der Waals surface area contributed by atoms with E-state index in [4.69, 9.17) is 0 Å². The van der Waals surface area contributed by atoms with Gasteiger partial charge in [-0.3, -0.25) is 9.79 Å². The third kappa shape index (κ3) is 4.84. The lowest BCUT2D eigenvalue weighted by Crippen LogP contribution is -2.44. The second kappa shape index (κ2) is 9.35. The van der Waals surface area contributed by atoms with Crippen LogP contribution in [0.2, 0.25) is 0 Å². The number of carbonyl (C=O) groups is 1. The van der Waals surface area contributed by atoms with Crippen LogP contribution in [0.4, 0.5) is 14.5 Å². The van der Waals surface area contributed by atoms with Gasteiger partial charge < -0.3 is 15.1 Å². The molecule has 0 aliphatic carbocycles. The number of likely N-dealkylation sites (N-methyl/N-ethyl adjacent to an activating group) is 1. The van der Waals surface area contributed by atoms with Crippen LogP contribution in [0.1, 0.15) is 32.6 Å². The number of aliphatic imine (C=N–C) groups is 1. The van der Waals surface area contributed by atoms with Gasteiger partial charge in [0.25, 0.3) is 5.91 Å². The van der Waals surface area contributed by atoms with Crippen molar-refractivity contribution >= 4 is 17.4 Å². The average Bonchev–Trinajstić information content (AvgIpc) is 3.21. The summed E-state index contributed by atoms with van der Waals surface area (Å²) in [7, 11) is 2.11. The number of amides is 1. The predicted octanol–water partition coefficient (Wildman–Crippen LogP) is 4.00. The van der Waals surface area contributed by atoms with Gasteiger partial charge in [0.2, 0.25) is 0 Å². The summed E-state index contributed by atoms with van der Waals surface area (Å²) in [5, 5.41) is 2.96. The molecule has 1 fully saturated rings. The number of halogens is 2. The molecule has 2 aliphatic rings. The number of nitrogens with one attached hydrogen (secondary N) is 1. The molecule has 1 saturated heterocycles. The minimum absolute atomic E-state index is 0.208. The molecule has 174 valence electrons. The number of fused-ring (bicyclic) bond motifs is 1. The minimum atomic E-state index is -0.593. The number of piperazine rings is 1. The topological polar surface area (TPSA) is 47.9 Å². The van der Waals surface area contributed by atoms with Crippen LogP contribution in [0.15, 0.2) is 65.7 Å². The number of amidine groups is 1. The zero-order valence-corrected chi connectivity index (χ0v) is 19.0. The molecule has 5 nitrogen and oxygen atoms in total. The van der Waals surface area contributed by atoms with Gasteiger partial charge >= 0.3 is 0 Å². The zero-order valence-electron chi connectivity index (χ0n) is 19.0. The standard InChI is InChI=1S/C27H26F2N4O/c1-32-7-9-33(10-8-32)24-4-2-3-20(15-24)27(34)31-26-25-14-18(5-6-21(25)17-30-26)11-19-12-22(28)16-23(29)13-19/h2-6,12-16H,7-11,17H2,1H3,(H,30,31,34). The van der Waals surface area contributed by atoms with Crippen LogP contribution >= 0.6 is 0 Å². The summed E-state index contributed by atoms with van der Waals surface area (Å²) in [6, 6.07) is 17.0. The molecule has 0 unspecified atom stereocenters. The van der Waals surface area contributed by atoms with Crippen molar-refractivity contribution in [3.63, 3.8) is 0 Å². The molecule has 7 heteroatoms. The molecule has 2 heterocycles. The van der Waals surface area contributed by atoms with E-state index < -0.39 is 11.6 Å². The molecular weight excluding hydrogens is 434 g/mol. The van der Waals surface area contributed by atoms with Gasteiger partial charge in [0.05, 0.1) is 6.54 Å². The number of benzene rings is 3. The minimum Gasteiger partial charge on any atom is -0.369 e. The van der Waals surface area contributed by atoms with Gasteiger partial charge in [0.1, 0.15) is 17.5 Å². The highest BCUT2D eigenvalue weighted by Crippen LogP contribution is 2.23. The van der Waals surface area contributed by atoms with Crippen LogP contribution in [0.5, 0.6) is 0 Å². The zero-order chi connectivity index (χ0) is 23.7. The van der Waals surface area contributed by atoms with Crippen molar-refractivity contribution in [1.29, 1.82) is 0 Å². The van der Waals surface area contributed by atoms with E-state index in [9.17, 15) is 13.6 Å². The molecule has 1 amide bonds. The fourth-order valence-corrected chi connectivity index (χ4v) is 4.49. The Balaban J connectivity index is 1.31. The van der Waals surface area contributed by atoms with Gasteiger partial charge in [-0.1, -0.05) is 18.2 Å². The van der Waals surface area contributed by atoms with Crippen LogP contribution < -0.4 is 10.2 Å². The Kier molecular flexibility index (Phi) is 6.11. The first-order valence-electron chi connectivity index (χ1n) is 11.4. The normalized spacial score (nSPS) is 15.7. The number of hydrogen-bond acceptors (Lipinski definition) is 4. The number of anilines is 1. The monoisotopic (exact) mass is 460 g/mol. The van der Waals surface area contributed by atoms with Crippen molar-refractivity contribution in [2.45, 2.75) is 13.0 Å². The summed E-state index contributed by atoms with van der Waals surface area (Å²) in [6.45, 7) is 4.34. The van der Waals surface area contributed by atoms with E-state index in [1.54, 1.807) is 6.07 Å². The smallest absolute Gasteiger partial charge is 0.256 e. The third-order valence-corrected chi connectivity index (χ3v) is 6.38. The first kappa shape index (κ1) is 22.2. The molecule has 0 aromatic heterocycles. The summed E-state index contributed by atoms with van der Waals surface area (Å²) >= 11 is 0. The molecule has 2 aliphatic heterocycles. The van der Waals surface area contributed by atoms with Crippen molar-refractivity contribution < 1.29 is 13.6 Å². The highest BCUT2D eigenvalue weighted by atomic mass is 19.1. The lowest BCUT2D eigenvalue weighted by Gasteiger charge is -2.34. The van der Waals surface area contributed by atoms with Crippen LogP contribution in [0.3, 0.4) is 0 Å². The van der Waals surface area contributed by atoms with Crippen LogP contribution in [-0.2, 0) is 13.0 Å². The average molecular weight is 461 g/mol. The summed E-state index contributed by atoms with van der Waals surface area (Å²) in [4.78, 5) is 22.1. The maximum Gasteiger partial charge on any atom is 0.256 e. The van der Waals surface area contributed by atoms with E-state index in [1.165, 1.54) is 12.1 Å². The van der Waals surface area contributed by atoms with E-state index in [-0.39, 0.29) is 5.91 Å². The second-order valence-corrected chi connectivity index (χ2v) is 8.91. The summed E-state index contributed by atoms with van der Waals surface area (Å²) < 4.78 is 27.1. The molecule has 3 aromatic rings. The summed E-state index contributed by atoms with van der Waals surface area (Å²) in [5.74, 6) is -0.869. The fourth-order valence-electron chi connectivity index (χ4n) is 4.49. The number of nitrogens with zero attached hydrogens (tertiary/aromatic N) is 3. The Bertz CT molecular complexity index is 1240. The van der Waals surface area contributed by atoms with Crippen molar-refractivity contribution in [2.24, 2.45) is 4.99 Å². The molecular formula is C27H26F2N4O. The first-order valence-corrected chi connectivity index (χ1v) is 11.4. The van der Waals surface area contributed by atoms with Crippen molar-refractivity contribution in [3.05, 3.63) is 100 Å². The summed E-state index contributed by atoms with van der Waals surface area (Å²) in [6.07, 6.45) is 0.385. The molecule has 5 rings (SSSR count). The largest absolute Gasteiger partial charge is 0.369 e. The summed E-state index contributed by atoms with van der Waals surface area (Å²) in [5.41, 5.74) is 4.93. The number of rotatable bonds is 4. The van der Waals surface area contributed by atoms with E-state index >= 15 is 0 Å². The van der Waals surface area contributed by atoms with Crippen molar-refractivity contribution in [3.8, 4) is 0 Å². The molecule has 0 radical (unpaired) electrons. The first-order chi connectivity index (χ1) is 16.4. The van der Waals surface area contributed by atoms with Gasteiger partial charge in [0.15, 0.2) is 0 Å². The quantitative estimate of drug-likeness (QED) is 0.641. The van der Waals surface area contributed by atoms with E-state index in [1.807, 2.05) is 36.4 Å². The van der Waals surface area contributed by atoms with Gasteiger partial charge in [-0.05, 0) is 66.6 Å². The van der Waals surface area contributed by atoms with E-state index in [2.05, 4.69) is 27.2 Å². The van der Waals surface area contributed by atoms with Crippen LogP contribution in [0, 0.1) is 11.6 Å². The molecule has 1 N–H and O–H groups in total. The van der Waals surface area contributed by atoms with E-state index in [0.717, 1.165) is 54.6 Å². The van der Waals surface area contributed by atoms with Gasteiger partial charge in [-0.2, -0.15) is 0 Å². The highest BCUT2D eigenvalue weighted by molar-refractivity contribution is 6.14. The molecule has 0 spiro atoms. The van der Waals surface area contributed by atoms with Crippen LogP contribution in [0.25, 0.3) is 0 Å². The maximum atomic E-state index is 13.6. The maximum absolute atomic E-state index is 13.6. The van der Waals surface area contributed by atoms with Gasteiger partial charge in [-0.25, -0.2) is 8.78 Å². The molecule has 0 saturated carbocycles. The van der Waals surface area contributed by atoms with Crippen molar-refractivity contribution in [2.75, 3.05) is 38.1 Å². The second-order valence-electron chi connectivity index (χ2n) is 8.91. The van der Waals surface area contributed by atoms with Gasteiger partial charge in [0, 0.05) is 49.1 Å². The Hall–Kier alpha value is -3.58. The highest BCUT2D eigenvalue weighted by Gasteiger charge is 2.20. The Morgan fingerprint density at radius 3 is 2.47 bits per heavy atom. The molecule has 34 heavy (non-hydrogen) atoms. The Morgan fingerprint density at radius 1 is 0.941 bits per heavy atom. The lowest BCUT2D eigenvalue weighted by atomic mass is 9.99. The van der Waals surface area contributed by atoms with Crippen molar-refractivity contribution in [1.82, 2.24) is 10.2 Å². The molecule has 3 aromatic carbocycles. The number of carbonyl (C=O) groups excluding carboxylic acids is 1.